The second kappa shape index (κ2) is 9.17. The molecule has 2 aliphatic heterocycles. The molecule has 2 unspecified atom stereocenters. The highest BCUT2D eigenvalue weighted by molar-refractivity contribution is 5.92. The van der Waals surface area contributed by atoms with Crippen LogP contribution in [0.3, 0.4) is 0 Å². The highest BCUT2D eigenvalue weighted by atomic mass is 16.7. The van der Waals surface area contributed by atoms with Crippen LogP contribution in [0.25, 0.3) is 0 Å². The molecule has 2 amide bonds. The predicted octanol–water partition coefficient (Wildman–Crippen LogP) is 2.94. The van der Waals surface area contributed by atoms with Crippen molar-refractivity contribution in [1.29, 1.82) is 0 Å². The second-order valence-electron chi connectivity index (χ2n) is 7.83. The monoisotopic (exact) mass is 409 g/mol. The van der Waals surface area contributed by atoms with Crippen molar-refractivity contribution in [2.45, 2.75) is 25.8 Å². The Morgan fingerprint density at radius 3 is 2.77 bits per heavy atom. The number of carbonyl (C=O) groups is 2. The number of benzene rings is 2. The van der Waals surface area contributed by atoms with Gasteiger partial charge in [0.25, 0.3) is 0 Å². The molecule has 1 saturated heterocycles. The third-order valence-electron chi connectivity index (χ3n) is 5.56. The summed E-state index contributed by atoms with van der Waals surface area (Å²) < 4.78 is 10.7. The van der Waals surface area contributed by atoms with Crippen molar-refractivity contribution in [3.05, 3.63) is 54.1 Å². The summed E-state index contributed by atoms with van der Waals surface area (Å²) in [6.45, 7) is 3.87. The number of carbonyl (C=O) groups excluding carboxylic acids is 2. The lowest BCUT2D eigenvalue weighted by Crippen LogP contribution is -2.45. The lowest BCUT2D eigenvalue weighted by atomic mass is 9.97. The van der Waals surface area contributed by atoms with Gasteiger partial charge in [-0.15, -0.1) is 0 Å². The standard InChI is InChI=1S/C23H27N3O4/c1-16(17-9-10-20-21(12-17)30-15-29-20)24-22(27)14-26-11-5-6-18(13-26)23(28)25-19-7-3-2-4-8-19/h2-4,7-10,12,16,18H,5-6,11,13-15H2,1H3,(H,24,27)(H,25,28). The van der Waals surface area contributed by atoms with Gasteiger partial charge in [0, 0.05) is 12.2 Å². The lowest BCUT2D eigenvalue weighted by Gasteiger charge is -2.31. The summed E-state index contributed by atoms with van der Waals surface area (Å²) in [5.74, 6) is 1.28. The molecule has 2 aliphatic rings. The maximum absolute atomic E-state index is 12.6. The number of likely N-dealkylation sites (tertiary alicyclic amines) is 1. The van der Waals surface area contributed by atoms with Crippen LogP contribution in [-0.2, 0) is 9.59 Å². The Hall–Kier alpha value is -3.06. The van der Waals surface area contributed by atoms with Crippen molar-refractivity contribution >= 4 is 17.5 Å². The highest BCUT2D eigenvalue weighted by Gasteiger charge is 2.27. The number of piperidine rings is 1. The van der Waals surface area contributed by atoms with Gasteiger partial charge in [-0.05, 0) is 56.1 Å². The van der Waals surface area contributed by atoms with Gasteiger partial charge in [-0.1, -0.05) is 24.3 Å². The molecule has 0 aliphatic carbocycles. The van der Waals surface area contributed by atoms with E-state index in [2.05, 4.69) is 15.5 Å². The number of nitrogens with zero attached hydrogens (tertiary/aromatic N) is 1. The van der Waals surface area contributed by atoms with E-state index < -0.39 is 0 Å². The molecule has 30 heavy (non-hydrogen) atoms. The molecule has 0 radical (unpaired) electrons. The van der Waals surface area contributed by atoms with Crippen molar-refractivity contribution in [2.75, 3.05) is 31.7 Å². The third-order valence-corrected chi connectivity index (χ3v) is 5.56. The largest absolute Gasteiger partial charge is 0.454 e. The highest BCUT2D eigenvalue weighted by Crippen LogP contribution is 2.34. The fourth-order valence-electron chi connectivity index (χ4n) is 3.93. The van der Waals surface area contributed by atoms with E-state index in [0.717, 1.165) is 36.4 Å². The van der Waals surface area contributed by atoms with E-state index in [-0.39, 0.29) is 37.1 Å². The number of nitrogens with one attached hydrogen (secondary N) is 2. The van der Waals surface area contributed by atoms with Gasteiger partial charge in [-0.25, -0.2) is 0 Å². The number of amides is 2. The Kier molecular flexibility index (Phi) is 6.18. The van der Waals surface area contributed by atoms with Gasteiger partial charge in [0.05, 0.1) is 18.5 Å². The topological polar surface area (TPSA) is 79.9 Å². The normalized spacial score (nSPS) is 19.2. The number of para-hydroxylation sites is 1. The van der Waals surface area contributed by atoms with Gasteiger partial charge < -0.3 is 20.1 Å². The van der Waals surface area contributed by atoms with Gasteiger partial charge in [0.1, 0.15) is 0 Å². The van der Waals surface area contributed by atoms with Crippen LogP contribution >= 0.6 is 0 Å². The molecule has 0 spiro atoms. The van der Waals surface area contributed by atoms with E-state index in [1.807, 2.05) is 55.5 Å². The van der Waals surface area contributed by atoms with Gasteiger partial charge >= 0.3 is 0 Å². The molecule has 7 nitrogen and oxygen atoms in total. The fourth-order valence-corrected chi connectivity index (χ4v) is 3.93. The molecule has 0 bridgehead atoms. The van der Waals surface area contributed by atoms with Crippen molar-refractivity contribution in [2.24, 2.45) is 5.92 Å². The van der Waals surface area contributed by atoms with E-state index >= 15 is 0 Å². The summed E-state index contributed by atoms with van der Waals surface area (Å²) in [5.41, 5.74) is 1.77. The van der Waals surface area contributed by atoms with Crippen LogP contribution in [-0.4, -0.2) is 43.1 Å². The first-order chi connectivity index (χ1) is 14.6. The molecule has 0 saturated carbocycles. The maximum atomic E-state index is 12.6. The smallest absolute Gasteiger partial charge is 0.234 e. The number of ether oxygens (including phenoxy) is 2. The van der Waals surface area contributed by atoms with Crippen molar-refractivity contribution in [3.63, 3.8) is 0 Å². The maximum Gasteiger partial charge on any atom is 0.234 e. The molecule has 2 atom stereocenters. The Labute approximate surface area is 176 Å². The summed E-state index contributed by atoms with van der Waals surface area (Å²) in [6, 6.07) is 15.0. The van der Waals surface area contributed by atoms with Crippen LogP contribution in [0.4, 0.5) is 5.69 Å². The summed E-state index contributed by atoms with van der Waals surface area (Å²) >= 11 is 0. The summed E-state index contributed by atoms with van der Waals surface area (Å²) in [6.07, 6.45) is 1.74. The molecule has 2 N–H and O–H groups in total. The number of rotatable bonds is 6. The molecule has 158 valence electrons. The lowest BCUT2D eigenvalue weighted by molar-refractivity contribution is -0.126. The van der Waals surface area contributed by atoms with Gasteiger partial charge in [-0.2, -0.15) is 0 Å². The first kappa shape index (κ1) is 20.2. The summed E-state index contributed by atoms with van der Waals surface area (Å²) in [7, 11) is 0. The second-order valence-corrected chi connectivity index (χ2v) is 7.83. The fraction of sp³-hybridized carbons (Fsp3) is 0.391. The Balaban J connectivity index is 1.28. The number of fused-ring (bicyclic) bond motifs is 1. The zero-order chi connectivity index (χ0) is 20.9. The van der Waals surface area contributed by atoms with Gasteiger partial charge in [0.15, 0.2) is 11.5 Å². The van der Waals surface area contributed by atoms with Crippen LogP contribution < -0.4 is 20.1 Å². The minimum absolute atomic E-state index is 0.0139. The quantitative estimate of drug-likeness (QED) is 0.767. The molecular weight excluding hydrogens is 382 g/mol. The number of anilines is 1. The SMILES string of the molecule is CC(NC(=O)CN1CCCC(C(=O)Nc2ccccc2)C1)c1ccc2c(c1)OCO2. The molecule has 1 fully saturated rings. The van der Waals surface area contributed by atoms with E-state index in [1.54, 1.807) is 0 Å². The molecular formula is C23H27N3O4. The number of hydrogen-bond donors (Lipinski definition) is 2. The molecule has 0 aromatic heterocycles. The Morgan fingerprint density at radius 2 is 1.93 bits per heavy atom. The van der Waals surface area contributed by atoms with Crippen LogP contribution in [0, 0.1) is 5.92 Å². The Morgan fingerprint density at radius 1 is 1.13 bits per heavy atom. The van der Waals surface area contributed by atoms with E-state index in [4.69, 9.17) is 9.47 Å². The van der Waals surface area contributed by atoms with E-state index in [9.17, 15) is 9.59 Å². The first-order valence-corrected chi connectivity index (χ1v) is 10.4. The molecule has 2 aromatic rings. The Bertz CT molecular complexity index is 903. The van der Waals surface area contributed by atoms with Crippen LogP contribution in [0.1, 0.15) is 31.4 Å². The first-order valence-electron chi connectivity index (χ1n) is 10.4. The summed E-state index contributed by atoms with van der Waals surface area (Å²) in [4.78, 5) is 27.2. The minimum atomic E-state index is -0.144. The predicted molar refractivity (Wildman–Crippen MR) is 113 cm³/mol. The van der Waals surface area contributed by atoms with Crippen molar-refractivity contribution < 1.29 is 19.1 Å². The van der Waals surface area contributed by atoms with Gasteiger partial charge in [0.2, 0.25) is 18.6 Å². The molecule has 4 rings (SSSR count). The van der Waals surface area contributed by atoms with Crippen LogP contribution in [0.5, 0.6) is 11.5 Å². The third kappa shape index (κ3) is 4.91. The van der Waals surface area contributed by atoms with E-state index in [0.29, 0.717) is 12.3 Å². The summed E-state index contributed by atoms with van der Waals surface area (Å²) in [5, 5.41) is 6.01. The van der Waals surface area contributed by atoms with Crippen LogP contribution in [0.2, 0.25) is 0 Å². The zero-order valence-electron chi connectivity index (χ0n) is 17.1. The molecule has 2 heterocycles. The van der Waals surface area contributed by atoms with Crippen molar-refractivity contribution in [3.8, 4) is 11.5 Å². The zero-order valence-corrected chi connectivity index (χ0v) is 17.1. The average molecular weight is 409 g/mol. The number of hydrogen-bond acceptors (Lipinski definition) is 5. The van der Waals surface area contributed by atoms with Crippen molar-refractivity contribution in [1.82, 2.24) is 10.2 Å². The minimum Gasteiger partial charge on any atom is -0.454 e. The molecule has 7 heteroatoms. The average Bonchev–Trinajstić information content (AvgIpc) is 3.22. The molecule has 2 aromatic carbocycles. The van der Waals surface area contributed by atoms with Crippen LogP contribution in [0.15, 0.2) is 48.5 Å². The van der Waals surface area contributed by atoms with Gasteiger partial charge in [-0.3, -0.25) is 14.5 Å². The van der Waals surface area contributed by atoms with E-state index in [1.165, 1.54) is 0 Å².